The quantitative estimate of drug-likeness (QED) is 0.680. The standard InChI is InChI=1S/C16H17BrClFN4OS/c17-12-9-23(8-11-13(18)4-1-5-14(11)19)22-15(12)21-16(25)20-7-10-3-2-6-24-10/h1,4-5,9-10H,2-3,6-8H2,(H2,20,21,22,25). The normalized spacial score (nSPS) is 16.8. The fourth-order valence-corrected chi connectivity index (χ4v) is 3.39. The van der Waals surface area contributed by atoms with Gasteiger partial charge in [-0.15, -0.1) is 0 Å². The van der Waals surface area contributed by atoms with E-state index in [0.717, 1.165) is 23.9 Å². The van der Waals surface area contributed by atoms with Crippen LogP contribution < -0.4 is 10.6 Å². The largest absolute Gasteiger partial charge is 0.376 e. The van der Waals surface area contributed by atoms with Crippen molar-refractivity contribution in [1.29, 1.82) is 0 Å². The van der Waals surface area contributed by atoms with Crippen molar-refractivity contribution in [3.8, 4) is 0 Å². The molecular weight excluding hydrogens is 431 g/mol. The highest BCUT2D eigenvalue weighted by Gasteiger charge is 2.16. The molecule has 2 heterocycles. The summed E-state index contributed by atoms with van der Waals surface area (Å²) in [7, 11) is 0. The topological polar surface area (TPSA) is 51.1 Å². The molecule has 2 N–H and O–H groups in total. The number of hydrogen-bond donors (Lipinski definition) is 2. The number of aromatic nitrogens is 2. The minimum atomic E-state index is -0.359. The number of benzene rings is 1. The van der Waals surface area contributed by atoms with Gasteiger partial charge in [0.15, 0.2) is 10.9 Å². The average Bonchev–Trinajstić information content (AvgIpc) is 3.20. The molecule has 1 aliphatic rings. The molecule has 1 atom stereocenters. The number of anilines is 1. The molecule has 5 nitrogen and oxygen atoms in total. The van der Waals surface area contributed by atoms with E-state index in [9.17, 15) is 4.39 Å². The summed E-state index contributed by atoms with van der Waals surface area (Å²) in [5.41, 5.74) is 0.393. The van der Waals surface area contributed by atoms with Crippen LogP contribution in [0.25, 0.3) is 0 Å². The fourth-order valence-electron chi connectivity index (χ4n) is 2.57. The number of rotatable bonds is 5. The number of thiocarbonyl (C=S) groups is 1. The zero-order valence-electron chi connectivity index (χ0n) is 13.3. The molecule has 0 bridgehead atoms. The maximum atomic E-state index is 13.9. The van der Waals surface area contributed by atoms with Crippen molar-refractivity contribution in [2.75, 3.05) is 18.5 Å². The van der Waals surface area contributed by atoms with Gasteiger partial charge in [-0.3, -0.25) is 4.68 Å². The first-order chi connectivity index (χ1) is 12.0. The zero-order chi connectivity index (χ0) is 17.8. The van der Waals surface area contributed by atoms with E-state index in [1.54, 1.807) is 23.0 Å². The van der Waals surface area contributed by atoms with Gasteiger partial charge in [-0.05, 0) is 53.1 Å². The lowest BCUT2D eigenvalue weighted by Gasteiger charge is -2.13. The van der Waals surface area contributed by atoms with Crippen molar-refractivity contribution in [2.24, 2.45) is 0 Å². The Kier molecular flexibility index (Phi) is 6.27. The van der Waals surface area contributed by atoms with Gasteiger partial charge in [0.2, 0.25) is 0 Å². The second kappa shape index (κ2) is 8.44. The van der Waals surface area contributed by atoms with E-state index in [0.29, 0.717) is 28.1 Å². The SMILES string of the molecule is Fc1cccc(Cl)c1Cn1cc(Br)c(NC(=S)NCC2CCCO2)n1. The third-order valence-corrected chi connectivity index (χ3v) is 5.03. The lowest BCUT2D eigenvalue weighted by molar-refractivity contribution is 0.114. The van der Waals surface area contributed by atoms with E-state index in [2.05, 4.69) is 31.7 Å². The molecule has 1 saturated heterocycles. The molecule has 1 aromatic carbocycles. The molecular formula is C16H17BrClFN4OS. The van der Waals surface area contributed by atoms with Crippen LogP contribution in [0.2, 0.25) is 5.02 Å². The van der Waals surface area contributed by atoms with E-state index in [4.69, 9.17) is 28.6 Å². The van der Waals surface area contributed by atoms with Crippen molar-refractivity contribution >= 4 is 50.7 Å². The van der Waals surface area contributed by atoms with Gasteiger partial charge < -0.3 is 15.4 Å². The van der Waals surface area contributed by atoms with Crippen LogP contribution >= 0.6 is 39.7 Å². The molecule has 0 aliphatic carbocycles. The number of hydrogen-bond acceptors (Lipinski definition) is 3. The Morgan fingerprint density at radius 3 is 3.08 bits per heavy atom. The third kappa shape index (κ3) is 4.91. The minimum absolute atomic E-state index is 0.198. The highest BCUT2D eigenvalue weighted by atomic mass is 79.9. The van der Waals surface area contributed by atoms with Crippen LogP contribution in [-0.4, -0.2) is 34.1 Å². The first-order valence-electron chi connectivity index (χ1n) is 7.85. The summed E-state index contributed by atoms with van der Waals surface area (Å²) in [4.78, 5) is 0. The van der Waals surface area contributed by atoms with Crippen LogP contribution in [0.4, 0.5) is 10.2 Å². The highest BCUT2D eigenvalue weighted by molar-refractivity contribution is 9.10. The number of nitrogens with one attached hydrogen (secondary N) is 2. The molecule has 3 rings (SSSR count). The monoisotopic (exact) mass is 446 g/mol. The van der Waals surface area contributed by atoms with Gasteiger partial charge in [0.1, 0.15) is 5.82 Å². The van der Waals surface area contributed by atoms with Crippen LogP contribution in [0.1, 0.15) is 18.4 Å². The Bertz CT molecular complexity index is 746. The van der Waals surface area contributed by atoms with Crippen LogP contribution in [0, 0.1) is 5.82 Å². The summed E-state index contributed by atoms with van der Waals surface area (Å²) in [5, 5.41) is 11.4. The Morgan fingerprint density at radius 2 is 2.36 bits per heavy atom. The van der Waals surface area contributed by atoms with E-state index in [-0.39, 0.29) is 18.5 Å². The van der Waals surface area contributed by atoms with Crippen molar-refractivity contribution < 1.29 is 9.13 Å². The average molecular weight is 448 g/mol. The van der Waals surface area contributed by atoms with Crippen molar-refractivity contribution in [1.82, 2.24) is 15.1 Å². The number of ether oxygens (including phenoxy) is 1. The Labute approximate surface area is 164 Å². The van der Waals surface area contributed by atoms with Gasteiger partial charge in [-0.1, -0.05) is 17.7 Å². The van der Waals surface area contributed by atoms with Gasteiger partial charge in [-0.2, -0.15) is 5.10 Å². The summed E-state index contributed by atoms with van der Waals surface area (Å²) in [6.07, 6.45) is 4.07. The molecule has 1 fully saturated rings. The van der Waals surface area contributed by atoms with Crippen molar-refractivity contribution in [3.05, 3.63) is 45.3 Å². The molecule has 134 valence electrons. The Hall–Kier alpha value is -1.22. The van der Waals surface area contributed by atoms with E-state index < -0.39 is 0 Å². The minimum Gasteiger partial charge on any atom is -0.376 e. The lowest BCUT2D eigenvalue weighted by atomic mass is 10.2. The molecule has 1 aliphatic heterocycles. The van der Waals surface area contributed by atoms with Crippen LogP contribution in [-0.2, 0) is 11.3 Å². The van der Waals surface area contributed by atoms with Gasteiger partial charge in [0.05, 0.1) is 17.1 Å². The molecule has 0 radical (unpaired) electrons. The first kappa shape index (κ1) is 18.6. The van der Waals surface area contributed by atoms with Crippen LogP contribution in [0.15, 0.2) is 28.9 Å². The maximum Gasteiger partial charge on any atom is 0.172 e. The van der Waals surface area contributed by atoms with Gasteiger partial charge in [0.25, 0.3) is 0 Å². The summed E-state index contributed by atoms with van der Waals surface area (Å²) < 4.78 is 21.8. The highest BCUT2D eigenvalue weighted by Crippen LogP contribution is 2.24. The molecule has 9 heteroatoms. The summed E-state index contributed by atoms with van der Waals surface area (Å²) in [6, 6.07) is 4.61. The van der Waals surface area contributed by atoms with Crippen molar-refractivity contribution in [3.63, 3.8) is 0 Å². The second-order valence-electron chi connectivity index (χ2n) is 5.69. The third-order valence-electron chi connectivity index (χ3n) is 3.85. The number of halogens is 3. The molecule has 1 unspecified atom stereocenters. The van der Waals surface area contributed by atoms with E-state index >= 15 is 0 Å². The predicted molar refractivity (Wildman–Crippen MR) is 104 cm³/mol. The van der Waals surface area contributed by atoms with Crippen LogP contribution in [0.5, 0.6) is 0 Å². The van der Waals surface area contributed by atoms with Gasteiger partial charge in [0, 0.05) is 29.9 Å². The van der Waals surface area contributed by atoms with Gasteiger partial charge >= 0.3 is 0 Å². The predicted octanol–water partition coefficient (Wildman–Crippen LogP) is 3.95. The van der Waals surface area contributed by atoms with E-state index in [1.807, 2.05) is 0 Å². The van der Waals surface area contributed by atoms with Gasteiger partial charge in [-0.25, -0.2) is 4.39 Å². The molecule has 0 amide bonds. The number of nitrogens with zero attached hydrogens (tertiary/aromatic N) is 2. The Balaban J connectivity index is 1.61. The smallest absolute Gasteiger partial charge is 0.172 e. The van der Waals surface area contributed by atoms with Crippen molar-refractivity contribution in [2.45, 2.75) is 25.5 Å². The molecule has 0 spiro atoms. The summed E-state index contributed by atoms with van der Waals surface area (Å²) >= 11 is 14.8. The molecule has 25 heavy (non-hydrogen) atoms. The molecule has 0 saturated carbocycles. The van der Waals surface area contributed by atoms with Crippen LogP contribution in [0.3, 0.4) is 0 Å². The zero-order valence-corrected chi connectivity index (χ0v) is 16.4. The first-order valence-corrected chi connectivity index (χ1v) is 9.43. The lowest BCUT2D eigenvalue weighted by Crippen LogP contribution is -2.35. The fraction of sp³-hybridized carbons (Fsp3) is 0.375. The Morgan fingerprint density at radius 1 is 1.52 bits per heavy atom. The maximum absolute atomic E-state index is 13.9. The summed E-state index contributed by atoms with van der Waals surface area (Å²) in [6.45, 7) is 1.69. The summed E-state index contributed by atoms with van der Waals surface area (Å²) in [5.74, 6) is 0.194. The molecule has 2 aromatic rings. The molecule has 1 aromatic heterocycles. The van der Waals surface area contributed by atoms with E-state index in [1.165, 1.54) is 6.07 Å². The second-order valence-corrected chi connectivity index (χ2v) is 7.36.